The van der Waals surface area contributed by atoms with Crippen LogP contribution in [0.1, 0.15) is 13.1 Å². The smallest absolute Gasteiger partial charge is 0.332 e. The second-order valence-corrected chi connectivity index (χ2v) is 5.93. The van der Waals surface area contributed by atoms with Crippen molar-refractivity contribution in [1.29, 1.82) is 0 Å². The second kappa shape index (κ2) is 5.13. The number of carbonyl (C=O) groups excluding carboxylic acids is 2. The van der Waals surface area contributed by atoms with Gasteiger partial charge in [-0.25, -0.2) is 9.59 Å². The second-order valence-electron chi connectivity index (χ2n) is 4.92. The summed E-state index contributed by atoms with van der Waals surface area (Å²) in [5.41, 5.74) is 2.52. The number of aromatic nitrogens is 1. The van der Waals surface area contributed by atoms with E-state index in [0.717, 1.165) is 17.4 Å². The average molecular weight is 325 g/mol. The fraction of sp³-hybridized carbons (Fsp3) is 0.500. The average Bonchev–Trinajstić information content (AvgIpc) is 2.90. The molecule has 1 saturated heterocycles. The minimum Gasteiger partial charge on any atom is -0.463 e. The Bertz CT molecular complexity index is 812. The van der Waals surface area contributed by atoms with Crippen LogP contribution < -0.4 is 20.3 Å². The molecule has 0 spiro atoms. The van der Waals surface area contributed by atoms with Gasteiger partial charge in [-0.3, -0.25) is 14.8 Å². The van der Waals surface area contributed by atoms with Crippen LogP contribution in [0.4, 0.5) is 4.79 Å². The van der Waals surface area contributed by atoms with Crippen LogP contribution >= 0.6 is 11.3 Å². The molecule has 0 aliphatic carbocycles. The summed E-state index contributed by atoms with van der Waals surface area (Å²) >= 11 is 1.08. The fourth-order valence-corrected chi connectivity index (χ4v) is 3.50. The van der Waals surface area contributed by atoms with Crippen molar-refractivity contribution in [3.05, 3.63) is 19.7 Å². The number of nitrogens with zero attached hydrogens (tertiary/aromatic N) is 4. The zero-order chi connectivity index (χ0) is 16.0. The van der Waals surface area contributed by atoms with Crippen LogP contribution in [0.15, 0.2) is 9.90 Å². The maximum Gasteiger partial charge on any atom is 0.332 e. The van der Waals surface area contributed by atoms with Crippen LogP contribution in [-0.4, -0.2) is 53.2 Å². The van der Waals surface area contributed by atoms with Crippen LogP contribution in [0, 0.1) is 0 Å². The fourth-order valence-electron chi connectivity index (χ4n) is 2.57. The van der Waals surface area contributed by atoms with Gasteiger partial charge >= 0.3 is 12.0 Å². The van der Waals surface area contributed by atoms with E-state index in [9.17, 15) is 14.4 Å². The molecule has 0 saturated carbocycles. The summed E-state index contributed by atoms with van der Waals surface area (Å²) in [6, 6.07) is -0.209. The zero-order valence-corrected chi connectivity index (χ0v) is 13.1. The summed E-state index contributed by atoms with van der Waals surface area (Å²) in [7, 11) is 3.26. The highest BCUT2D eigenvalue weighted by atomic mass is 32.1. The summed E-state index contributed by atoms with van der Waals surface area (Å²) < 4.78 is 6.48. The van der Waals surface area contributed by atoms with Gasteiger partial charge in [-0.05, 0) is 6.92 Å². The molecule has 1 fully saturated rings. The summed E-state index contributed by atoms with van der Waals surface area (Å²) in [5.74, 6) is -0.573. The normalized spacial score (nSPS) is 23.8. The van der Waals surface area contributed by atoms with Crippen molar-refractivity contribution in [3.63, 3.8) is 0 Å². The molecule has 2 unspecified atom stereocenters. The predicted octanol–water partition coefficient (Wildman–Crippen LogP) is -1.79. The number of thiazole rings is 1. The molecular weight excluding hydrogens is 310 g/mol. The number of nitrogens with one attached hydrogen (secondary N) is 1. The maximum absolute atomic E-state index is 12.5. The molecule has 9 nitrogen and oxygen atoms in total. The van der Waals surface area contributed by atoms with Crippen LogP contribution in [0.3, 0.4) is 0 Å². The van der Waals surface area contributed by atoms with Gasteiger partial charge in [0.15, 0.2) is 12.3 Å². The quantitative estimate of drug-likeness (QED) is 0.648. The van der Waals surface area contributed by atoms with Crippen molar-refractivity contribution >= 4 is 29.4 Å². The lowest BCUT2D eigenvalue weighted by molar-refractivity contribution is -0.135. The number of likely N-dealkylation sites (N-methyl/N-ethyl adjacent to an activating group) is 2. The molecule has 1 aromatic rings. The van der Waals surface area contributed by atoms with E-state index in [1.807, 2.05) is 0 Å². The minimum atomic E-state index is -0.573. The summed E-state index contributed by atoms with van der Waals surface area (Å²) in [6.07, 6.45) is 0.234. The Kier molecular flexibility index (Phi) is 3.39. The van der Waals surface area contributed by atoms with E-state index in [1.54, 1.807) is 21.0 Å². The van der Waals surface area contributed by atoms with Crippen LogP contribution in [-0.2, 0) is 9.53 Å². The van der Waals surface area contributed by atoms with Gasteiger partial charge in [-0.2, -0.15) is 0 Å². The lowest BCUT2D eigenvalue weighted by atomic mass is 10.3. The Morgan fingerprint density at radius 2 is 2.14 bits per heavy atom. The molecule has 10 heteroatoms. The molecule has 2 amide bonds. The molecule has 22 heavy (non-hydrogen) atoms. The molecule has 0 bridgehead atoms. The maximum atomic E-state index is 12.5. The number of carbonyl (C=O) groups is 2. The number of amides is 2. The van der Waals surface area contributed by atoms with E-state index in [4.69, 9.17) is 4.74 Å². The number of urea groups is 1. The van der Waals surface area contributed by atoms with Gasteiger partial charge in [0.1, 0.15) is 4.53 Å². The van der Waals surface area contributed by atoms with E-state index >= 15 is 0 Å². The summed E-state index contributed by atoms with van der Waals surface area (Å²) in [5, 5.41) is 4.13. The lowest BCUT2D eigenvalue weighted by Crippen LogP contribution is -2.52. The third-order valence-electron chi connectivity index (χ3n) is 3.63. The molecule has 3 heterocycles. The molecule has 2 aliphatic rings. The number of hydrogen-bond acceptors (Lipinski definition) is 7. The van der Waals surface area contributed by atoms with E-state index in [-0.39, 0.29) is 22.7 Å². The first-order valence-corrected chi connectivity index (χ1v) is 7.50. The largest absolute Gasteiger partial charge is 0.463 e. The van der Waals surface area contributed by atoms with Gasteiger partial charge in [0.05, 0.1) is 6.61 Å². The monoisotopic (exact) mass is 325 g/mol. The van der Waals surface area contributed by atoms with Gasteiger partial charge in [0.2, 0.25) is 4.80 Å². The van der Waals surface area contributed by atoms with Crippen molar-refractivity contribution in [3.8, 4) is 0 Å². The van der Waals surface area contributed by atoms with Crippen LogP contribution in [0.5, 0.6) is 0 Å². The number of esters is 1. The molecule has 118 valence electrons. The Labute approximate surface area is 129 Å². The summed E-state index contributed by atoms with van der Waals surface area (Å²) in [4.78, 5) is 39.5. The van der Waals surface area contributed by atoms with Crippen molar-refractivity contribution in [2.75, 3.05) is 20.7 Å². The van der Waals surface area contributed by atoms with Crippen molar-refractivity contribution in [2.45, 2.75) is 19.3 Å². The molecular formula is C12H15N5O4S. The van der Waals surface area contributed by atoms with E-state index in [1.165, 1.54) is 14.4 Å². The third-order valence-corrected chi connectivity index (χ3v) is 4.61. The first-order chi connectivity index (χ1) is 10.5. The molecule has 1 aromatic heterocycles. The van der Waals surface area contributed by atoms with Crippen molar-refractivity contribution in [1.82, 2.24) is 19.8 Å². The van der Waals surface area contributed by atoms with Crippen molar-refractivity contribution in [2.24, 2.45) is 5.10 Å². The molecule has 0 aromatic carbocycles. The highest BCUT2D eigenvalue weighted by Gasteiger charge is 2.46. The number of rotatable bonds is 2. The molecule has 0 radical (unpaired) electrons. The predicted molar refractivity (Wildman–Crippen MR) is 77.3 cm³/mol. The number of ether oxygens (including phenoxy) is 1. The Balaban J connectivity index is 2.12. The zero-order valence-electron chi connectivity index (χ0n) is 12.3. The molecule has 3 rings (SSSR count). The van der Waals surface area contributed by atoms with E-state index in [0.29, 0.717) is 4.80 Å². The van der Waals surface area contributed by atoms with E-state index < -0.39 is 18.3 Å². The first-order valence-electron chi connectivity index (χ1n) is 6.68. The number of fused-ring (bicyclic) bond motifs is 3. The lowest BCUT2D eigenvalue weighted by Gasteiger charge is -2.27. The Morgan fingerprint density at radius 3 is 2.82 bits per heavy atom. The molecule has 2 aliphatic heterocycles. The van der Waals surface area contributed by atoms with Crippen LogP contribution in [0.25, 0.3) is 6.08 Å². The minimum absolute atomic E-state index is 0.209. The van der Waals surface area contributed by atoms with Gasteiger partial charge in [-0.1, -0.05) is 11.3 Å². The topological polar surface area (TPSA) is 96.2 Å². The Morgan fingerprint density at radius 1 is 1.41 bits per heavy atom. The first kappa shape index (κ1) is 14.6. The standard InChI is InChI=1S/C12H15N5O4S/c1-4-21-7(18)5-6-10(19)17-9-8(13-14-11(17)22-6)15(2)12(20)16(9)3/h5,8-9,13H,4H2,1-3H3/b6-5-. The Hall–Kier alpha value is -2.36. The SMILES string of the molecule is CCOC(=O)/C=c1\sc2n(c1=O)C1C(NN=2)N(C)C(=O)N1C. The number of hydrogen-bond donors (Lipinski definition) is 1. The van der Waals surface area contributed by atoms with E-state index in [2.05, 4.69) is 10.5 Å². The van der Waals surface area contributed by atoms with Crippen LogP contribution in [0.2, 0.25) is 0 Å². The van der Waals surface area contributed by atoms with Crippen molar-refractivity contribution < 1.29 is 14.3 Å². The molecule has 2 atom stereocenters. The van der Waals surface area contributed by atoms with Gasteiger partial charge in [-0.15, -0.1) is 5.10 Å². The van der Waals surface area contributed by atoms with Gasteiger partial charge in [0, 0.05) is 20.2 Å². The highest BCUT2D eigenvalue weighted by molar-refractivity contribution is 7.07. The molecule has 1 N–H and O–H groups in total. The summed E-state index contributed by atoms with van der Waals surface area (Å²) in [6.45, 7) is 1.93. The van der Waals surface area contributed by atoms with Gasteiger partial charge in [0.25, 0.3) is 5.56 Å². The van der Waals surface area contributed by atoms with Gasteiger partial charge < -0.3 is 14.5 Å². The third kappa shape index (κ3) is 1.98. The highest BCUT2D eigenvalue weighted by Crippen LogP contribution is 2.26.